The summed E-state index contributed by atoms with van der Waals surface area (Å²) in [6.45, 7) is 3.61. The monoisotopic (exact) mass is 245 g/mol. The number of hydrogen-bond donors (Lipinski definition) is 2. The van der Waals surface area contributed by atoms with Crippen LogP contribution in [0.5, 0.6) is 0 Å². The number of quaternary nitrogens is 1. The van der Waals surface area contributed by atoms with Gasteiger partial charge in [0, 0.05) is 6.42 Å². The molecule has 0 aliphatic heterocycles. The number of carbonyl (C=O) groups is 2. The number of rotatable bonds is 3. The van der Waals surface area contributed by atoms with Gasteiger partial charge < -0.3 is 20.7 Å². The molecule has 0 aliphatic rings. The predicted molar refractivity (Wildman–Crippen MR) is 44.8 cm³/mol. The van der Waals surface area contributed by atoms with E-state index in [0.717, 1.165) is 0 Å². The zero-order chi connectivity index (χ0) is 13.5. The topological polar surface area (TPSA) is 105 Å². The van der Waals surface area contributed by atoms with Crippen LogP contribution in [0.3, 0.4) is 0 Å². The summed E-state index contributed by atoms with van der Waals surface area (Å²) in [5.41, 5.74) is 3.70. The molecule has 0 aromatic carbocycles. The van der Waals surface area contributed by atoms with E-state index in [-0.39, 0.29) is 12.0 Å². The lowest BCUT2D eigenvalue weighted by Gasteiger charge is -2.05. The highest BCUT2D eigenvalue weighted by Crippen LogP contribution is 2.11. The molecular formula is C8H14F3NO4. The number of halogens is 3. The minimum atomic E-state index is -5.19. The first kappa shape index (κ1) is 17.1. The number of carboxylic acids is 2. The van der Waals surface area contributed by atoms with Crippen LogP contribution in [-0.2, 0) is 9.59 Å². The van der Waals surface area contributed by atoms with Gasteiger partial charge in [0.2, 0.25) is 0 Å². The standard InChI is InChI=1S/C6H13NO2.C2HF3O2/c1-4(6(8)9)3-5(2)7;3-2(4,5)1(6)7/h4-5H,3,7H2,1-2H3,(H,8,9);(H,6,7). The quantitative estimate of drug-likeness (QED) is 0.667. The summed E-state index contributed by atoms with van der Waals surface area (Å²) < 4.78 is 31.5. The maximum atomic E-state index is 10.5. The van der Waals surface area contributed by atoms with Crippen molar-refractivity contribution < 1.29 is 38.7 Å². The second-order valence-electron chi connectivity index (χ2n) is 3.37. The average Bonchev–Trinajstić information content (AvgIpc) is 2.01. The number of hydrogen-bond acceptors (Lipinski definition) is 3. The fraction of sp³-hybridized carbons (Fsp3) is 0.750. The molecule has 0 amide bonds. The van der Waals surface area contributed by atoms with Crippen LogP contribution < -0.4 is 10.8 Å². The van der Waals surface area contributed by atoms with Crippen LogP contribution >= 0.6 is 0 Å². The number of carboxylic acid groups (broad SMARTS) is 2. The van der Waals surface area contributed by atoms with E-state index >= 15 is 0 Å². The number of alkyl halides is 3. The lowest BCUT2D eigenvalue weighted by atomic mass is 10.0. The normalized spacial score (nSPS) is 14.4. The van der Waals surface area contributed by atoms with Gasteiger partial charge in [-0.1, -0.05) is 6.92 Å². The molecule has 0 saturated heterocycles. The van der Waals surface area contributed by atoms with E-state index in [1.807, 2.05) is 6.92 Å². The molecule has 5 nitrogen and oxygen atoms in total. The fourth-order valence-electron chi connectivity index (χ4n) is 0.704. The Morgan fingerprint density at radius 1 is 1.38 bits per heavy atom. The molecule has 0 aromatic rings. The third-order valence-electron chi connectivity index (χ3n) is 1.41. The molecule has 0 spiro atoms. The van der Waals surface area contributed by atoms with Crippen molar-refractivity contribution in [1.29, 1.82) is 0 Å². The van der Waals surface area contributed by atoms with Crippen molar-refractivity contribution in [3.8, 4) is 0 Å². The van der Waals surface area contributed by atoms with E-state index in [1.165, 1.54) is 0 Å². The summed E-state index contributed by atoms with van der Waals surface area (Å²) >= 11 is 0. The van der Waals surface area contributed by atoms with Crippen LogP contribution in [0.25, 0.3) is 0 Å². The third-order valence-corrected chi connectivity index (χ3v) is 1.41. The molecule has 0 radical (unpaired) electrons. The highest BCUT2D eigenvalue weighted by atomic mass is 19.4. The van der Waals surface area contributed by atoms with Gasteiger partial charge in [-0.25, -0.2) is 0 Å². The first-order chi connectivity index (χ1) is 6.98. The van der Waals surface area contributed by atoms with Crippen LogP contribution in [0.2, 0.25) is 0 Å². The Balaban J connectivity index is 0. The molecule has 8 heteroatoms. The molecule has 0 aromatic heterocycles. The summed E-state index contributed by atoms with van der Waals surface area (Å²) in [5, 5.41) is 17.2. The van der Waals surface area contributed by atoms with Crippen LogP contribution in [0.15, 0.2) is 0 Å². The first-order valence-corrected chi connectivity index (χ1v) is 4.32. The lowest BCUT2D eigenvalue weighted by molar-refractivity contribution is -0.416. The minimum absolute atomic E-state index is 0.232. The molecule has 4 N–H and O–H groups in total. The molecule has 16 heavy (non-hydrogen) atoms. The molecule has 0 heterocycles. The van der Waals surface area contributed by atoms with E-state index < -0.39 is 18.1 Å². The first-order valence-electron chi connectivity index (χ1n) is 4.32. The number of carbonyl (C=O) groups excluding carboxylic acids is 1. The Bertz CT molecular complexity index is 240. The van der Waals surface area contributed by atoms with Crippen molar-refractivity contribution in [1.82, 2.24) is 0 Å². The Hall–Kier alpha value is -1.31. The van der Waals surface area contributed by atoms with Gasteiger partial charge in [-0.3, -0.25) is 4.79 Å². The highest BCUT2D eigenvalue weighted by molar-refractivity contribution is 5.70. The maximum absolute atomic E-state index is 10.5. The molecule has 2 atom stereocenters. The summed E-state index contributed by atoms with van der Waals surface area (Å²) in [6, 6.07) is 0.232. The molecule has 96 valence electrons. The molecular weight excluding hydrogens is 231 g/mol. The summed E-state index contributed by atoms with van der Waals surface area (Å²) in [4.78, 5) is 19.0. The smallest absolute Gasteiger partial charge is 0.430 e. The average molecular weight is 245 g/mol. The van der Waals surface area contributed by atoms with E-state index in [2.05, 4.69) is 5.73 Å². The van der Waals surface area contributed by atoms with Crippen molar-refractivity contribution in [3.63, 3.8) is 0 Å². The van der Waals surface area contributed by atoms with Gasteiger partial charge in [0.15, 0.2) is 0 Å². The molecule has 0 bridgehead atoms. The van der Waals surface area contributed by atoms with Gasteiger partial charge in [0.1, 0.15) is 5.97 Å². The van der Waals surface area contributed by atoms with Gasteiger partial charge in [0.05, 0.1) is 12.0 Å². The zero-order valence-electron chi connectivity index (χ0n) is 8.87. The highest BCUT2D eigenvalue weighted by Gasteiger charge is 2.28. The summed E-state index contributed by atoms with van der Waals surface area (Å²) in [5.74, 6) is -3.99. The molecule has 2 unspecified atom stereocenters. The Morgan fingerprint density at radius 2 is 1.69 bits per heavy atom. The molecule has 0 rings (SSSR count). The fourth-order valence-corrected chi connectivity index (χ4v) is 0.704. The summed E-state index contributed by atoms with van der Waals surface area (Å²) in [6.07, 6.45) is -4.53. The van der Waals surface area contributed by atoms with Gasteiger partial charge in [-0.2, -0.15) is 13.2 Å². The largest absolute Gasteiger partial charge is 0.542 e. The Kier molecular flexibility index (Phi) is 7.53. The van der Waals surface area contributed by atoms with Crippen molar-refractivity contribution in [3.05, 3.63) is 0 Å². The van der Waals surface area contributed by atoms with Crippen LogP contribution in [-0.4, -0.2) is 29.3 Å². The Morgan fingerprint density at radius 3 is 1.75 bits per heavy atom. The van der Waals surface area contributed by atoms with Gasteiger partial charge >= 0.3 is 12.1 Å². The van der Waals surface area contributed by atoms with E-state index in [1.54, 1.807) is 6.92 Å². The van der Waals surface area contributed by atoms with E-state index in [0.29, 0.717) is 6.42 Å². The second kappa shape index (κ2) is 7.04. The van der Waals surface area contributed by atoms with Crippen LogP contribution in [0.4, 0.5) is 13.2 Å². The van der Waals surface area contributed by atoms with Gasteiger partial charge in [0.25, 0.3) is 0 Å². The molecule has 0 aliphatic carbocycles. The van der Waals surface area contributed by atoms with Crippen molar-refractivity contribution in [2.24, 2.45) is 5.92 Å². The van der Waals surface area contributed by atoms with Crippen molar-refractivity contribution >= 4 is 11.9 Å². The van der Waals surface area contributed by atoms with Crippen LogP contribution in [0.1, 0.15) is 20.3 Å². The van der Waals surface area contributed by atoms with E-state index in [4.69, 9.17) is 15.0 Å². The van der Waals surface area contributed by atoms with E-state index in [9.17, 15) is 18.0 Å². The predicted octanol–water partition coefficient (Wildman–Crippen LogP) is -0.974. The second-order valence-corrected chi connectivity index (χ2v) is 3.37. The van der Waals surface area contributed by atoms with Gasteiger partial charge in [-0.15, -0.1) is 0 Å². The maximum Gasteiger partial charge on any atom is 0.430 e. The van der Waals surface area contributed by atoms with Crippen molar-refractivity contribution in [2.75, 3.05) is 0 Å². The minimum Gasteiger partial charge on any atom is -0.542 e. The SMILES string of the molecule is CC([NH3+])CC(C)C(=O)O.O=C([O-])C(F)(F)F. The lowest BCUT2D eigenvalue weighted by Crippen LogP contribution is -2.59. The van der Waals surface area contributed by atoms with Crippen molar-refractivity contribution in [2.45, 2.75) is 32.5 Å². The molecule has 0 saturated carbocycles. The zero-order valence-corrected chi connectivity index (χ0v) is 8.87. The number of aliphatic carboxylic acids is 2. The van der Waals surface area contributed by atoms with Crippen LogP contribution in [0, 0.1) is 5.92 Å². The third kappa shape index (κ3) is 10.8. The summed E-state index contributed by atoms with van der Waals surface area (Å²) in [7, 11) is 0. The van der Waals surface area contributed by atoms with Gasteiger partial charge in [-0.05, 0) is 6.92 Å². The Labute approximate surface area is 90.0 Å². The molecule has 0 fully saturated rings.